The van der Waals surface area contributed by atoms with E-state index in [2.05, 4.69) is 6.92 Å². The lowest BCUT2D eigenvalue weighted by Gasteiger charge is -2.32. The Morgan fingerprint density at radius 3 is 2.38 bits per heavy atom. The molecule has 0 bridgehead atoms. The highest BCUT2D eigenvalue weighted by atomic mass is 16.2. The van der Waals surface area contributed by atoms with Gasteiger partial charge in [0.25, 0.3) is 0 Å². The molecule has 0 aromatic carbocycles. The molecule has 1 aliphatic heterocycles. The minimum absolute atomic E-state index is 0.00142. The van der Waals surface area contributed by atoms with Gasteiger partial charge in [-0.15, -0.1) is 0 Å². The molecule has 1 amide bonds. The summed E-state index contributed by atoms with van der Waals surface area (Å²) >= 11 is 0. The van der Waals surface area contributed by atoms with Crippen LogP contribution >= 0.6 is 0 Å². The van der Waals surface area contributed by atoms with Crippen LogP contribution in [0.25, 0.3) is 0 Å². The van der Waals surface area contributed by atoms with E-state index in [0.717, 1.165) is 38.8 Å². The molecule has 3 nitrogen and oxygen atoms in total. The molecular formula is C10H18N2O. The summed E-state index contributed by atoms with van der Waals surface area (Å²) in [4.78, 5) is 13.9. The predicted octanol–water partition coefficient (Wildman–Crippen LogP) is 0.736. The number of rotatable bonds is 1. The number of hydrogen-bond donors (Lipinski definition) is 1. The van der Waals surface area contributed by atoms with Crippen molar-refractivity contribution >= 4 is 5.91 Å². The summed E-state index contributed by atoms with van der Waals surface area (Å²) in [6, 6.07) is 0.316. The normalized spacial score (nSPS) is 27.4. The van der Waals surface area contributed by atoms with Crippen molar-refractivity contribution in [3.05, 3.63) is 0 Å². The summed E-state index contributed by atoms with van der Waals surface area (Å²) in [6.45, 7) is 3.81. The van der Waals surface area contributed by atoms with Gasteiger partial charge in [0, 0.05) is 24.5 Å². The average molecular weight is 182 g/mol. The fourth-order valence-corrected chi connectivity index (χ4v) is 1.89. The SMILES string of the molecule is CC1(C(=O)N2CCC(N)CC2)CC1. The van der Waals surface area contributed by atoms with E-state index in [0.29, 0.717) is 11.9 Å². The first-order valence-electron chi connectivity index (χ1n) is 5.17. The summed E-state index contributed by atoms with van der Waals surface area (Å²) in [7, 11) is 0. The highest BCUT2D eigenvalue weighted by Crippen LogP contribution is 2.46. The molecule has 1 saturated heterocycles. The molecule has 1 heterocycles. The van der Waals surface area contributed by atoms with Gasteiger partial charge in [-0.1, -0.05) is 6.92 Å². The summed E-state index contributed by atoms with van der Waals surface area (Å²) in [6.07, 6.45) is 4.10. The van der Waals surface area contributed by atoms with Gasteiger partial charge < -0.3 is 10.6 Å². The smallest absolute Gasteiger partial charge is 0.228 e. The molecule has 2 rings (SSSR count). The maximum atomic E-state index is 11.9. The molecule has 1 aliphatic carbocycles. The van der Waals surface area contributed by atoms with Crippen molar-refractivity contribution < 1.29 is 4.79 Å². The number of piperidine rings is 1. The van der Waals surface area contributed by atoms with Crippen molar-refractivity contribution in [3.63, 3.8) is 0 Å². The van der Waals surface area contributed by atoms with Gasteiger partial charge in [0.2, 0.25) is 5.91 Å². The van der Waals surface area contributed by atoms with Gasteiger partial charge in [-0.2, -0.15) is 0 Å². The molecule has 2 fully saturated rings. The Balaban J connectivity index is 1.91. The van der Waals surface area contributed by atoms with E-state index in [1.807, 2.05) is 4.90 Å². The summed E-state index contributed by atoms with van der Waals surface area (Å²) in [5.41, 5.74) is 5.79. The minimum Gasteiger partial charge on any atom is -0.342 e. The zero-order chi connectivity index (χ0) is 9.47. The molecule has 3 heteroatoms. The lowest BCUT2D eigenvalue weighted by molar-refractivity contribution is -0.137. The van der Waals surface area contributed by atoms with Gasteiger partial charge in [0.15, 0.2) is 0 Å². The van der Waals surface area contributed by atoms with Gasteiger partial charge in [0.05, 0.1) is 0 Å². The van der Waals surface area contributed by atoms with E-state index >= 15 is 0 Å². The predicted molar refractivity (Wildman–Crippen MR) is 51.1 cm³/mol. The molecule has 13 heavy (non-hydrogen) atoms. The molecule has 0 unspecified atom stereocenters. The van der Waals surface area contributed by atoms with Crippen LogP contribution in [0.5, 0.6) is 0 Å². The molecule has 1 saturated carbocycles. The van der Waals surface area contributed by atoms with Crippen LogP contribution in [0.1, 0.15) is 32.6 Å². The van der Waals surface area contributed by atoms with Crippen molar-refractivity contribution in [1.29, 1.82) is 0 Å². The molecule has 0 atom stereocenters. The van der Waals surface area contributed by atoms with Gasteiger partial charge in [-0.3, -0.25) is 4.79 Å². The van der Waals surface area contributed by atoms with Gasteiger partial charge in [-0.05, 0) is 25.7 Å². The Hall–Kier alpha value is -0.570. The van der Waals surface area contributed by atoms with Crippen LogP contribution in [-0.2, 0) is 4.79 Å². The molecule has 74 valence electrons. The lowest BCUT2D eigenvalue weighted by atomic mass is 10.0. The number of nitrogens with zero attached hydrogens (tertiary/aromatic N) is 1. The Labute approximate surface area is 79.3 Å². The Bertz CT molecular complexity index is 215. The third kappa shape index (κ3) is 1.70. The molecular weight excluding hydrogens is 164 g/mol. The van der Waals surface area contributed by atoms with Gasteiger partial charge >= 0.3 is 0 Å². The quantitative estimate of drug-likeness (QED) is 0.650. The van der Waals surface area contributed by atoms with Crippen LogP contribution < -0.4 is 5.73 Å². The Kier molecular flexibility index (Phi) is 2.06. The first-order chi connectivity index (χ1) is 6.12. The highest BCUT2D eigenvalue weighted by Gasteiger charge is 2.47. The van der Waals surface area contributed by atoms with E-state index < -0.39 is 0 Å². The summed E-state index contributed by atoms with van der Waals surface area (Å²) < 4.78 is 0. The number of carbonyl (C=O) groups is 1. The van der Waals surface area contributed by atoms with E-state index in [-0.39, 0.29) is 5.41 Å². The highest BCUT2D eigenvalue weighted by molar-refractivity contribution is 5.84. The maximum absolute atomic E-state index is 11.9. The van der Waals surface area contributed by atoms with Crippen molar-refractivity contribution in [1.82, 2.24) is 4.90 Å². The van der Waals surface area contributed by atoms with Crippen molar-refractivity contribution in [2.45, 2.75) is 38.6 Å². The van der Waals surface area contributed by atoms with E-state index in [4.69, 9.17) is 5.73 Å². The molecule has 0 aromatic heterocycles. The first kappa shape index (κ1) is 9.00. The largest absolute Gasteiger partial charge is 0.342 e. The van der Waals surface area contributed by atoms with Gasteiger partial charge in [-0.25, -0.2) is 0 Å². The molecule has 0 radical (unpaired) electrons. The summed E-state index contributed by atoms with van der Waals surface area (Å²) in [5.74, 6) is 0.361. The number of carbonyl (C=O) groups excluding carboxylic acids is 1. The zero-order valence-electron chi connectivity index (χ0n) is 8.25. The van der Waals surface area contributed by atoms with Crippen LogP contribution in [0.4, 0.5) is 0 Å². The second kappa shape index (κ2) is 2.98. The minimum atomic E-state index is 0.00142. The Morgan fingerprint density at radius 2 is 1.92 bits per heavy atom. The van der Waals surface area contributed by atoms with E-state index in [1.165, 1.54) is 0 Å². The van der Waals surface area contributed by atoms with Crippen molar-refractivity contribution in [2.24, 2.45) is 11.1 Å². The summed E-state index contributed by atoms with van der Waals surface area (Å²) in [5, 5.41) is 0. The van der Waals surface area contributed by atoms with Crippen LogP contribution in [-0.4, -0.2) is 29.9 Å². The lowest BCUT2D eigenvalue weighted by Crippen LogP contribution is -2.45. The fraction of sp³-hybridized carbons (Fsp3) is 0.900. The number of hydrogen-bond acceptors (Lipinski definition) is 2. The zero-order valence-corrected chi connectivity index (χ0v) is 8.25. The topological polar surface area (TPSA) is 46.3 Å². The average Bonchev–Trinajstić information content (AvgIpc) is 2.85. The van der Waals surface area contributed by atoms with Crippen molar-refractivity contribution in [2.75, 3.05) is 13.1 Å². The maximum Gasteiger partial charge on any atom is 0.228 e. The second-order valence-corrected chi connectivity index (χ2v) is 4.69. The molecule has 0 spiro atoms. The van der Waals surface area contributed by atoms with E-state index in [9.17, 15) is 4.79 Å². The molecule has 0 aromatic rings. The number of likely N-dealkylation sites (tertiary alicyclic amines) is 1. The van der Waals surface area contributed by atoms with Crippen LogP contribution in [0.3, 0.4) is 0 Å². The Morgan fingerprint density at radius 1 is 1.38 bits per heavy atom. The third-order valence-corrected chi connectivity index (χ3v) is 3.34. The van der Waals surface area contributed by atoms with Crippen LogP contribution in [0, 0.1) is 5.41 Å². The number of amides is 1. The molecule has 2 aliphatic rings. The third-order valence-electron chi connectivity index (χ3n) is 3.34. The van der Waals surface area contributed by atoms with Crippen LogP contribution in [0.2, 0.25) is 0 Å². The fourth-order valence-electron chi connectivity index (χ4n) is 1.89. The van der Waals surface area contributed by atoms with Gasteiger partial charge in [0.1, 0.15) is 0 Å². The monoisotopic (exact) mass is 182 g/mol. The standard InChI is InChI=1S/C10H18N2O/c1-10(4-5-10)9(13)12-6-2-8(11)3-7-12/h8H,2-7,11H2,1H3. The number of nitrogens with two attached hydrogens (primary N) is 1. The second-order valence-electron chi connectivity index (χ2n) is 4.69. The molecule has 2 N–H and O–H groups in total. The first-order valence-corrected chi connectivity index (χ1v) is 5.17. The van der Waals surface area contributed by atoms with Crippen LogP contribution in [0.15, 0.2) is 0 Å². The van der Waals surface area contributed by atoms with Crippen molar-refractivity contribution in [3.8, 4) is 0 Å². The van der Waals surface area contributed by atoms with E-state index in [1.54, 1.807) is 0 Å².